The predicted octanol–water partition coefficient (Wildman–Crippen LogP) is 4.00. The summed E-state index contributed by atoms with van der Waals surface area (Å²) in [5.74, 6) is 0.170. The van der Waals surface area contributed by atoms with E-state index in [1.54, 1.807) is 36.4 Å². The van der Waals surface area contributed by atoms with E-state index in [-0.39, 0.29) is 11.4 Å². The van der Waals surface area contributed by atoms with Gasteiger partial charge < -0.3 is 5.11 Å². The molecule has 2 aromatic rings. The van der Waals surface area contributed by atoms with Crippen molar-refractivity contribution in [3.8, 4) is 16.9 Å². The van der Waals surface area contributed by atoms with Crippen LogP contribution in [0.4, 0.5) is 5.69 Å². The summed E-state index contributed by atoms with van der Waals surface area (Å²) in [5, 5.41) is 20.9. The van der Waals surface area contributed by atoms with Crippen LogP contribution in [-0.2, 0) is 6.42 Å². The first-order valence-electron chi connectivity index (χ1n) is 6.21. The molecule has 2 aromatic carbocycles. The number of aryl methyl sites for hydroxylation is 1. The highest BCUT2D eigenvalue weighted by Gasteiger charge is 2.16. The van der Waals surface area contributed by atoms with Gasteiger partial charge in [-0.05, 0) is 42.7 Å². The zero-order chi connectivity index (χ0) is 14.7. The van der Waals surface area contributed by atoms with E-state index in [2.05, 4.69) is 6.58 Å². The number of nitrogens with zero attached hydrogens (tertiary/aromatic N) is 1. The van der Waals surface area contributed by atoms with Crippen LogP contribution in [0.25, 0.3) is 11.1 Å². The van der Waals surface area contributed by atoms with E-state index in [1.807, 2.05) is 6.92 Å². The average Bonchev–Trinajstić information content (AvgIpc) is 2.41. The fourth-order valence-corrected chi connectivity index (χ4v) is 2.11. The highest BCUT2D eigenvalue weighted by atomic mass is 16.6. The van der Waals surface area contributed by atoms with Gasteiger partial charge in [-0.1, -0.05) is 23.8 Å². The molecule has 0 atom stereocenters. The number of phenols is 1. The molecule has 0 spiro atoms. The predicted molar refractivity (Wildman–Crippen MR) is 78.8 cm³/mol. The van der Waals surface area contributed by atoms with Gasteiger partial charge in [0.25, 0.3) is 5.69 Å². The third-order valence-corrected chi connectivity index (χ3v) is 3.10. The maximum absolute atomic E-state index is 11.1. The number of nitro groups is 1. The summed E-state index contributed by atoms with van der Waals surface area (Å²) in [7, 11) is 0. The lowest BCUT2D eigenvalue weighted by molar-refractivity contribution is -0.384. The van der Waals surface area contributed by atoms with Crippen molar-refractivity contribution >= 4 is 5.69 Å². The van der Waals surface area contributed by atoms with Crippen LogP contribution in [0.5, 0.6) is 5.75 Å². The lowest BCUT2D eigenvalue weighted by Crippen LogP contribution is -1.93. The van der Waals surface area contributed by atoms with Crippen molar-refractivity contribution < 1.29 is 10.0 Å². The maximum Gasteiger partial charge on any atom is 0.277 e. The van der Waals surface area contributed by atoms with Gasteiger partial charge in [-0.3, -0.25) is 10.1 Å². The smallest absolute Gasteiger partial charge is 0.277 e. The van der Waals surface area contributed by atoms with E-state index in [9.17, 15) is 15.2 Å². The van der Waals surface area contributed by atoms with E-state index in [0.29, 0.717) is 17.5 Å². The lowest BCUT2D eigenvalue weighted by atomic mass is 9.98. The molecule has 1 N–H and O–H groups in total. The van der Waals surface area contributed by atoms with E-state index < -0.39 is 4.92 Å². The fraction of sp³-hybridized carbons (Fsp3) is 0.125. The molecule has 0 bridgehead atoms. The molecule has 0 aliphatic carbocycles. The van der Waals surface area contributed by atoms with Crippen LogP contribution < -0.4 is 0 Å². The van der Waals surface area contributed by atoms with Gasteiger partial charge in [-0.15, -0.1) is 6.58 Å². The topological polar surface area (TPSA) is 63.4 Å². The van der Waals surface area contributed by atoms with Crippen LogP contribution in [0.1, 0.15) is 11.1 Å². The van der Waals surface area contributed by atoms with Gasteiger partial charge in [-0.25, -0.2) is 0 Å². The van der Waals surface area contributed by atoms with E-state index in [0.717, 1.165) is 11.1 Å². The first kappa shape index (κ1) is 13.8. The number of phenolic OH excluding ortho intramolecular Hbond substituents is 1. The Labute approximate surface area is 117 Å². The Morgan fingerprint density at radius 2 is 2.05 bits per heavy atom. The minimum absolute atomic E-state index is 0.0610. The van der Waals surface area contributed by atoms with Crippen molar-refractivity contribution in [1.29, 1.82) is 0 Å². The van der Waals surface area contributed by atoms with Gasteiger partial charge in [-0.2, -0.15) is 0 Å². The average molecular weight is 269 g/mol. The maximum atomic E-state index is 11.1. The number of nitro benzene ring substituents is 1. The van der Waals surface area contributed by atoms with Gasteiger partial charge in [0.15, 0.2) is 0 Å². The Kier molecular flexibility index (Phi) is 3.84. The fourth-order valence-electron chi connectivity index (χ4n) is 2.11. The molecule has 20 heavy (non-hydrogen) atoms. The van der Waals surface area contributed by atoms with Crippen molar-refractivity contribution in [1.82, 2.24) is 0 Å². The quantitative estimate of drug-likeness (QED) is 0.518. The Hall–Kier alpha value is -2.62. The van der Waals surface area contributed by atoms with Gasteiger partial charge in [0.05, 0.1) is 10.5 Å². The molecule has 0 aliphatic heterocycles. The SMILES string of the molecule is C=CCc1cc(-c2cc(C)ccc2[N+](=O)[O-])ccc1O. The second-order valence-corrected chi connectivity index (χ2v) is 4.61. The van der Waals surface area contributed by atoms with Crippen molar-refractivity contribution in [2.24, 2.45) is 0 Å². The number of hydrogen-bond acceptors (Lipinski definition) is 3. The molecule has 0 saturated heterocycles. The molecule has 0 amide bonds. The third kappa shape index (κ3) is 2.69. The molecule has 0 heterocycles. The minimum atomic E-state index is -0.394. The number of allylic oxidation sites excluding steroid dienone is 1. The summed E-state index contributed by atoms with van der Waals surface area (Å²) in [6.45, 7) is 5.53. The molecule has 4 heteroatoms. The molecular formula is C16H15NO3. The van der Waals surface area contributed by atoms with Crippen LogP contribution in [0.15, 0.2) is 49.1 Å². The van der Waals surface area contributed by atoms with Crippen LogP contribution in [-0.4, -0.2) is 10.0 Å². The largest absolute Gasteiger partial charge is 0.508 e. The summed E-state index contributed by atoms with van der Waals surface area (Å²) < 4.78 is 0. The van der Waals surface area contributed by atoms with E-state index in [1.165, 1.54) is 6.07 Å². The van der Waals surface area contributed by atoms with Gasteiger partial charge in [0.1, 0.15) is 5.75 Å². The summed E-state index contributed by atoms with van der Waals surface area (Å²) in [4.78, 5) is 10.7. The normalized spacial score (nSPS) is 10.2. The highest BCUT2D eigenvalue weighted by Crippen LogP contribution is 2.33. The summed E-state index contributed by atoms with van der Waals surface area (Å²) >= 11 is 0. The number of aromatic hydroxyl groups is 1. The molecule has 102 valence electrons. The zero-order valence-corrected chi connectivity index (χ0v) is 11.2. The summed E-state index contributed by atoms with van der Waals surface area (Å²) in [5.41, 5.74) is 2.98. The Balaban J connectivity index is 2.61. The van der Waals surface area contributed by atoms with Crippen molar-refractivity contribution in [2.45, 2.75) is 13.3 Å². The molecule has 2 rings (SSSR count). The molecular weight excluding hydrogens is 254 g/mol. The molecule has 0 aromatic heterocycles. The van der Waals surface area contributed by atoms with Gasteiger partial charge in [0, 0.05) is 6.07 Å². The third-order valence-electron chi connectivity index (χ3n) is 3.10. The molecule has 4 nitrogen and oxygen atoms in total. The lowest BCUT2D eigenvalue weighted by Gasteiger charge is -2.08. The summed E-state index contributed by atoms with van der Waals surface area (Å²) in [6, 6.07) is 10.0. The van der Waals surface area contributed by atoms with E-state index in [4.69, 9.17) is 0 Å². The zero-order valence-electron chi connectivity index (χ0n) is 11.2. The van der Waals surface area contributed by atoms with Crippen molar-refractivity contribution in [3.05, 3.63) is 70.3 Å². The second-order valence-electron chi connectivity index (χ2n) is 4.61. The molecule has 0 fully saturated rings. The van der Waals surface area contributed by atoms with Crippen LogP contribution >= 0.6 is 0 Å². The Bertz CT molecular complexity index is 677. The van der Waals surface area contributed by atoms with Gasteiger partial charge in [0.2, 0.25) is 0 Å². The molecule has 0 radical (unpaired) electrons. The second kappa shape index (κ2) is 5.57. The van der Waals surface area contributed by atoms with Crippen molar-refractivity contribution in [3.63, 3.8) is 0 Å². The molecule has 0 unspecified atom stereocenters. The van der Waals surface area contributed by atoms with Crippen LogP contribution in [0.3, 0.4) is 0 Å². The summed E-state index contributed by atoms with van der Waals surface area (Å²) in [6.07, 6.45) is 2.20. The van der Waals surface area contributed by atoms with Gasteiger partial charge >= 0.3 is 0 Å². The molecule has 0 aliphatic rings. The van der Waals surface area contributed by atoms with E-state index >= 15 is 0 Å². The minimum Gasteiger partial charge on any atom is -0.508 e. The van der Waals surface area contributed by atoms with Crippen molar-refractivity contribution in [2.75, 3.05) is 0 Å². The Morgan fingerprint density at radius 3 is 2.70 bits per heavy atom. The standard InChI is InChI=1S/C16H15NO3/c1-3-4-13-10-12(6-8-16(13)18)14-9-11(2)5-7-15(14)17(19)20/h3,5-10,18H,1,4H2,2H3. The van der Waals surface area contributed by atoms with Crippen LogP contribution in [0, 0.1) is 17.0 Å². The highest BCUT2D eigenvalue weighted by molar-refractivity contribution is 5.75. The molecule has 0 saturated carbocycles. The monoisotopic (exact) mass is 269 g/mol. The Morgan fingerprint density at radius 1 is 1.30 bits per heavy atom. The number of benzene rings is 2. The number of hydrogen-bond donors (Lipinski definition) is 1. The number of rotatable bonds is 4. The first-order valence-corrected chi connectivity index (χ1v) is 6.21. The van der Waals surface area contributed by atoms with Crippen LogP contribution in [0.2, 0.25) is 0 Å². The first-order chi connectivity index (χ1) is 9.52.